The van der Waals surface area contributed by atoms with Gasteiger partial charge >= 0.3 is 0 Å². The van der Waals surface area contributed by atoms with Crippen LogP contribution in [0.15, 0.2) is 22.0 Å². The molecule has 0 aliphatic carbocycles. The smallest absolute Gasteiger partial charge is 0.132 e. The van der Waals surface area contributed by atoms with Crippen molar-refractivity contribution in [2.45, 2.75) is 19.9 Å². The summed E-state index contributed by atoms with van der Waals surface area (Å²) in [5.74, 6) is 2.05. The molecule has 0 radical (unpaired) electrons. The van der Waals surface area contributed by atoms with Crippen LogP contribution in [-0.2, 0) is 13.0 Å². The van der Waals surface area contributed by atoms with Crippen LogP contribution >= 0.6 is 27.3 Å². The normalized spacial score (nSPS) is 10.5. The van der Waals surface area contributed by atoms with Crippen molar-refractivity contribution in [1.82, 2.24) is 9.97 Å². The van der Waals surface area contributed by atoms with Crippen molar-refractivity contribution < 1.29 is 0 Å². The number of nitrogens with zero attached hydrogens (tertiary/aromatic N) is 2. The van der Waals surface area contributed by atoms with Crippen LogP contribution in [0, 0.1) is 0 Å². The molecule has 17 heavy (non-hydrogen) atoms. The number of nitrogens with one attached hydrogen (secondary N) is 1. The van der Waals surface area contributed by atoms with E-state index in [0.29, 0.717) is 5.82 Å². The molecule has 2 rings (SSSR count). The first-order valence-corrected chi connectivity index (χ1v) is 6.95. The molecular formula is C11H13BrN4S. The topological polar surface area (TPSA) is 63.8 Å². The largest absolute Gasteiger partial charge is 0.384 e. The van der Waals surface area contributed by atoms with Crippen molar-refractivity contribution in [1.29, 1.82) is 0 Å². The number of anilines is 2. The van der Waals surface area contributed by atoms with Gasteiger partial charge < -0.3 is 11.1 Å². The summed E-state index contributed by atoms with van der Waals surface area (Å²) in [7, 11) is 0. The number of thiophene rings is 1. The van der Waals surface area contributed by atoms with E-state index in [-0.39, 0.29) is 0 Å². The molecular weight excluding hydrogens is 300 g/mol. The van der Waals surface area contributed by atoms with E-state index in [0.717, 1.165) is 29.1 Å². The van der Waals surface area contributed by atoms with Gasteiger partial charge in [-0.2, -0.15) is 0 Å². The maximum absolute atomic E-state index is 5.71. The molecule has 2 aromatic heterocycles. The molecule has 0 aliphatic heterocycles. The van der Waals surface area contributed by atoms with Crippen LogP contribution in [0.4, 0.5) is 11.6 Å². The Kier molecular flexibility index (Phi) is 3.96. The fourth-order valence-corrected chi connectivity index (χ4v) is 2.78. The molecule has 0 fully saturated rings. The molecule has 2 heterocycles. The lowest BCUT2D eigenvalue weighted by Crippen LogP contribution is -2.05. The first-order chi connectivity index (χ1) is 8.17. The molecule has 0 spiro atoms. The van der Waals surface area contributed by atoms with E-state index >= 15 is 0 Å². The van der Waals surface area contributed by atoms with E-state index in [1.54, 1.807) is 17.4 Å². The van der Waals surface area contributed by atoms with Crippen molar-refractivity contribution in [2.75, 3.05) is 11.1 Å². The van der Waals surface area contributed by atoms with Gasteiger partial charge in [0.1, 0.15) is 17.5 Å². The van der Waals surface area contributed by atoms with Gasteiger partial charge in [0, 0.05) is 27.2 Å². The standard InChI is InChI=1S/C11H13BrN4S/c1-2-10-15-9(13)4-11(16-10)14-5-8-3-7(12)6-17-8/h3-4,6H,2,5H2,1H3,(H3,13,14,15,16). The molecule has 0 aromatic carbocycles. The highest BCUT2D eigenvalue weighted by molar-refractivity contribution is 9.10. The summed E-state index contributed by atoms with van der Waals surface area (Å²) in [5.41, 5.74) is 5.71. The van der Waals surface area contributed by atoms with Crippen molar-refractivity contribution >= 4 is 38.9 Å². The lowest BCUT2D eigenvalue weighted by molar-refractivity contribution is 0.939. The van der Waals surface area contributed by atoms with Crippen molar-refractivity contribution in [3.05, 3.63) is 32.7 Å². The number of nitrogens with two attached hydrogens (primary N) is 1. The van der Waals surface area contributed by atoms with Gasteiger partial charge in [-0.1, -0.05) is 6.92 Å². The average Bonchev–Trinajstić information content (AvgIpc) is 2.72. The van der Waals surface area contributed by atoms with E-state index in [9.17, 15) is 0 Å². The molecule has 0 unspecified atom stereocenters. The van der Waals surface area contributed by atoms with Gasteiger partial charge in [-0.05, 0) is 22.0 Å². The second-order valence-corrected chi connectivity index (χ2v) is 5.44. The second-order valence-electron chi connectivity index (χ2n) is 3.53. The van der Waals surface area contributed by atoms with Crippen LogP contribution in [0.3, 0.4) is 0 Å². The van der Waals surface area contributed by atoms with E-state index in [1.165, 1.54) is 4.88 Å². The van der Waals surface area contributed by atoms with Gasteiger partial charge in [-0.3, -0.25) is 0 Å². The molecule has 0 bridgehead atoms. The van der Waals surface area contributed by atoms with E-state index < -0.39 is 0 Å². The molecule has 0 aliphatic rings. The number of halogens is 1. The number of rotatable bonds is 4. The summed E-state index contributed by atoms with van der Waals surface area (Å²) < 4.78 is 1.11. The minimum Gasteiger partial charge on any atom is -0.384 e. The molecule has 0 atom stereocenters. The van der Waals surface area contributed by atoms with Gasteiger partial charge in [0.05, 0.1) is 6.54 Å². The summed E-state index contributed by atoms with van der Waals surface area (Å²) in [6, 6.07) is 3.84. The fraction of sp³-hybridized carbons (Fsp3) is 0.273. The third-order valence-corrected chi connectivity index (χ3v) is 3.87. The number of hydrogen-bond donors (Lipinski definition) is 2. The molecule has 4 nitrogen and oxygen atoms in total. The van der Waals surface area contributed by atoms with Crippen molar-refractivity contribution in [3.8, 4) is 0 Å². The van der Waals surface area contributed by atoms with Crippen molar-refractivity contribution in [3.63, 3.8) is 0 Å². The maximum atomic E-state index is 5.71. The third kappa shape index (κ3) is 3.41. The zero-order chi connectivity index (χ0) is 12.3. The van der Waals surface area contributed by atoms with Gasteiger partial charge in [-0.25, -0.2) is 9.97 Å². The molecule has 0 saturated heterocycles. The summed E-state index contributed by atoms with van der Waals surface area (Å²) >= 11 is 5.13. The highest BCUT2D eigenvalue weighted by Crippen LogP contribution is 2.20. The van der Waals surface area contributed by atoms with Crippen LogP contribution < -0.4 is 11.1 Å². The highest BCUT2D eigenvalue weighted by Gasteiger charge is 2.02. The monoisotopic (exact) mass is 312 g/mol. The van der Waals surface area contributed by atoms with Gasteiger partial charge in [0.15, 0.2) is 0 Å². The van der Waals surface area contributed by atoms with Crippen LogP contribution in [0.25, 0.3) is 0 Å². The third-order valence-electron chi connectivity index (χ3n) is 2.17. The predicted molar refractivity (Wildman–Crippen MR) is 75.2 cm³/mol. The lowest BCUT2D eigenvalue weighted by Gasteiger charge is -2.06. The molecule has 2 aromatic rings. The highest BCUT2D eigenvalue weighted by atomic mass is 79.9. The Morgan fingerprint density at radius 1 is 1.41 bits per heavy atom. The Morgan fingerprint density at radius 3 is 2.88 bits per heavy atom. The Morgan fingerprint density at radius 2 is 2.24 bits per heavy atom. The van der Waals surface area contributed by atoms with Gasteiger partial charge in [0.2, 0.25) is 0 Å². The molecule has 6 heteroatoms. The predicted octanol–water partition coefficient (Wildman–Crippen LogP) is 3.06. The van der Waals surface area contributed by atoms with E-state index in [1.807, 2.05) is 6.92 Å². The van der Waals surface area contributed by atoms with Crippen LogP contribution in [0.5, 0.6) is 0 Å². The lowest BCUT2D eigenvalue weighted by atomic mass is 10.4. The minimum atomic E-state index is 0.506. The van der Waals surface area contributed by atoms with Crippen LogP contribution in [0.2, 0.25) is 0 Å². The van der Waals surface area contributed by atoms with Crippen LogP contribution in [-0.4, -0.2) is 9.97 Å². The molecule has 90 valence electrons. The number of hydrogen-bond acceptors (Lipinski definition) is 5. The number of aryl methyl sites for hydroxylation is 1. The number of aromatic nitrogens is 2. The zero-order valence-corrected chi connectivity index (χ0v) is 11.8. The van der Waals surface area contributed by atoms with Crippen LogP contribution in [0.1, 0.15) is 17.6 Å². The molecule has 0 amide bonds. The SMILES string of the molecule is CCc1nc(N)cc(NCc2cc(Br)cs2)n1. The molecule has 0 saturated carbocycles. The van der Waals surface area contributed by atoms with Gasteiger partial charge in [-0.15, -0.1) is 11.3 Å². The first-order valence-electron chi connectivity index (χ1n) is 5.27. The minimum absolute atomic E-state index is 0.506. The average molecular weight is 313 g/mol. The zero-order valence-electron chi connectivity index (χ0n) is 9.40. The van der Waals surface area contributed by atoms with Crippen molar-refractivity contribution in [2.24, 2.45) is 0 Å². The van der Waals surface area contributed by atoms with Gasteiger partial charge in [0.25, 0.3) is 0 Å². The van der Waals surface area contributed by atoms with E-state index in [4.69, 9.17) is 5.73 Å². The summed E-state index contributed by atoms with van der Waals surface area (Å²) in [6.45, 7) is 2.75. The first kappa shape index (κ1) is 12.3. The quantitative estimate of drug-likeness (QED) is 0.910. The Balaban J connectivity index is 2.05. The van der Waals surface area contributed by atoms with E-state index in [2.05, 4.69) is 42.7 Å². The molecule has 3 N–H and O–H groups in total. The Bertz CT molecular complexity index is 512. The summed E-state index contributed by atoms with van der Waals surface area (Å²) in [5, 5.41) is 5.31. The summed E-state index contributed by atoms with van der Waals surface area (Å²) in [6.07, 6.45) is 0.782. The summed E-state index contributed by atoms with van der Waals surface area (Å²) in [4.78, 5) is 9.74. The Hall–Kier alpha value is -1.14. The second kappa shape index (κ2) is 5.46. The number of nitrogen functional groups attached to an aromatic ring is 1. The Labute approximate surface area is 112 Å². The fourth-order valence-electron chi connectivity index (χ4n) is 1.39. The maximum Gasteiger partial charge on any atom is 0.132 e.